The molecule has 0 saturated carbocycles. The summed E-state index contributed by atoms with van der Waals surface area (Å²) in [7, 11) is 0. The number of alkyl halides is 2. The molecule has 41 heavy (non-hydrogen) atoms. The maximum Gasteiger partial charge on any atom is 0.426 e. The number of benzene rings is 2. The van der Waals surface area contributed by atoms with E-state index in [1.54, 1.807) is 0 Å². The molecule has 0 spiro atoms. The van der Waals surface area contributed by atoms with E-state index in [1.807, 2.05) is 6.07 Å². The summed E-state index contributed by atoms with van der Waals surface area (Å²) in [6.07, 6.45) is -0.731. The summed E-state index contributed by atoms with van der Waals surface area (Å²) in [6, 6.07) is 11.3. The summed E-state index contributed by atoms with van der Waals surface area (Å²) >= 11 is 4.93. The fourth-order valence-corrected chi connectivity index (χ4v) is 4.11. The van der Waals surface area contributed by atoms with E-state index >= 15 is 8.78 Å². The molecule has 9 nitrogen and oxygen atoms in total. The van der Waals surface area contributed by atoms with Crippen molar-refractivity contribution in [2.45, 2.75) is 37.8 Å². The number of aromatic nitrogens is 1. The van der Waals surface area contributed by atoms with Gasteiger partial charge < -0.3 is 20.7 Å². The molecule has 0 bridgehead atoms. The number of nitrogens with two attached hydrogens (primary N) is 1. The van der Waals surface area contributed by atoms with Crippen molar-refractivity contribution in [1.29, 1.82) is 5.26 Å². The molecular weight excluding hydrogens is 566 g/mol. The van der Waals surface area contributed by atoms with Gasteiger partial charge in [0.2, 0.25) is 0 Å². The molecule has 1 aromatic heterocycles. The molecule has 0 aliphatic heterocycles. The minimum absolute atomic E-state index is 0.0142. The van der Waals surface area contributed by atoms with Crippen LogP contribution in [0.25, 0.3) is 0 Å². The van der Waals surface area contributed by atoms with Crippen LogP contribution in [-0.4, -0.2) is 48.5 Å². The first-order valence-electron chi connectivity index (χ1n) is 11.8. The average molecular weight is 592 g/mol. The molecule has 1 heterocycles. The Bertz CT molecular complexity index is 1480. The number of hydrazine groups is 1. The van der Waals surface area contributed by atoms with E-state index < -0.39 is 57.7 Å². The van der Waals surface area contributed by atoms with Gasteiger partial charge in [-0.3, -0.25) is 9.99 Å². The SMILES string of the molecule is CC(C)(C)N(C(=O)O)N(CC(O)(c1ccc(F)cc1F)C(F)(F)c1ccc(Oc2ccc(C#N)cc2)cn1)C(N)=S. The van der Waals surface area contributed by atoms with Gasteiger partial charge in [0.1, 0.15) is 28.8 Å². The molecule has 0 fully saturated rings. The molecule has 4 N–H and O–H groups in total. The third kappa shape index (κ3) is 6.47. The monoisotopic (exact) mass is 591 g/mol. The first-order valence-corrected chi connectivity index (χ1v) is 12.2. The molecule has 0 saturated heterocycles. The van der Waals surface area contributed by atoms with E-state index in [1.165, 1.54) is 45.0 Å². The molecule has 3 rings (SSSR count). The van der Waals surface area contributed by atoms with Crippen LogP contribution >= 0.6 is 12.2 Å². The summed E-state index contributed by atoms with van der Waals surface area (Å²) in [5.41, 5.74) is -0.945. The first-order chi connectivity index (χ1) is 19.0. The average Bonchev–Trinajstić information content (AvgIpc) is 2.87. The fraction of sp³-hybridized carbons (Fsp3) is 0.259. The Morgan fingerprint density at radius 2 is 1.71 bits per heavy atom. The van der Waals surface area contributed by atoms with Gasteiger partial charge in [0.25, 0.3) is 0 Å². The van der Waals surface area contributed by atoms with Crippen LogP contribution < -0.4 is 10.5 Å². The van der Waals surface area contributed by atoms with Gasteiger partial charge in [0.15, 0.2) is 10.7 Å². The second-order valence-corrected chi connectivity index (χ2v) is 10.3. The number of carboxylic acid groups (broad SMARTS) is 1. The van der Waals surface area contributed by atoms with Crippen LogP contribution in [0.5, 0.6) is 11.5 Å². The van der Waals surface area contributed by atoms with E-state index in [-0.39, 0.29) is 11.5 Å². The number of hydrogen-bond donors (Lipinski definition) is 3. The van der Waals surface area contributed by atoms with Crippen molar-refractivity contribution in [3.63, 3.8) is 0 Å². The van der Waals surface area contributed by atoms with Crippen LogP contribution in [0.15, 0.2) is 60.8 Å². The lowest BCUT2D eigenvalue weighted by Gasteiger charge is -2.46. The van der Waals surface area contributed by atoms with Crippen LogP contribution in [0.2, 0.25) is 0 Å². The summed E-state index contributed by atoms with van der Waals surface area (Å²) in [5.74, 6) is -6.79. The van der Waals surface area contributed by atoms with Gasteiger partial charge in [0, 0.05) is 11.6 Å². The summed E-state index contributed by atoms with van der Waals surface area (Å²) < 4.78 is 66.8. The molecule has 1 amide bonds. The molecule has 0 radical (unpaired) electrons. The minimum atomic E-state index is -4.44. The second kappa shape index (κ2) is 11.6. The zero-order valence-corrected chi connectivity index (χ0v) is 22.8. The van der Waals surface area contributed by atoms with Gasteiger partial charge in [-0.1, -0.05) is 0 Å². The van der Waals surface area contributed by atoms with E-state index in [9.17, 15) is 23.8 Å². The lowest BCUT2D eigenvalue weighted by molar-refractivity contribution is -0.216. The highest BCUT2D eigenvalue weighted by Crippen LogP contribution is 2.47. The van der Waals surface area contributed by atoms with Gasteiger partial charge in [0.05, 0.1) is 29.9 Å². The van der Waals surface area contributed by atoms with Crippen LogP contribution in [0, 0.1) is 23.0 Å². The van der Waals surface area contributed by atoms with Crippen molar-refractivity contribution in [1.82, 2.24) is 15.0 Å². The Labute approximate surface area is 238 Å². The third-order valence-corrected chi connectivity index (χ3v) is 6.08. The number of halogens is 4. The van der Waals surface area contributed by atoms with Gasteiger partial charge in [-0.15, -0.1) is 0 Å². The highest BCUT2D eigenvalue weighted by Gasteiger charge is 2.59. The largest absolute Gasteiger partial charge is 0.464 e. The number of nitriles is 1. The molecule has 14 heteroatoms. The van der Waals surface area contributed by atoms with Crippen molar-refractivity contribution in [3.05, 3.63) is 89.2 Å². The standard InChI is InChI=1S/C27H25F4N5O4S/c1-25(2,3)36(24(37)38)35(23(33)41)15-26(39,20-10-6-17(28)12-21(20)29)27(30,31)22-11-9-19(14-34-22)40-18-7-4-16(13-32)5-8-18/h4-12,14,39H,15H2,1-3H3,(H2,33,41)(H,37,38). The number of pyridine rings is 1. The zero-order chi connectivity index (χ0) is 30.8. The lowest BCUT2D eigenvalue weighted by atomic mass is 9.84. The summed E-state index contributed by atoms with van der Waals surface area (Å²) in [6.45, 7) is 2.87. The summed E-state index contributed by atoms with van der Waals surface area (Å²) in [4.78, 5) is 15.8. The molecular formula is C27H25F4N5O4S. The molecule has 216 valence electrons. The third-order valence-electron chi connectivity index (χ3n) is 5.86. The molecule has 1 unspecified atom stereocenters. The van der Waals surface area contributed by atoms with E-state index in [0.29, 0.717) is 33.8 Å². The number of carbonyl (C=O) groups is 1. The smallest absolute Gasteiger partial charge is 0.426 e. The van der Waals surface area contributed by atoms with Crippen LogP contribution in [-0.2, 0) is 11.5 Å². The van der Waals surface area contributed by atoms with Crippen LogP contribution in [0.4, 0.5) is 22.4 Å². The predicted octanol–water partition coefficient (Wildman–Crippen LogP) is 5.24. The van der Waals surface area contributed by atoms with Crippen molar-refractivity contribution in [3.8, 4) is 17.6 Å². The molecule has 3 aromatic rings. The Balaban J connectivity index is 2.11. The van der Waals surface area contributed by atoms with Gasteiger partial charge in [-0.2, -0.15) is 14.0 Å². The Morgan fingerprint density at radius 1 is 1.10 bits per heavy atom. The molecule has 1 atom stereocenters. The van der Waals surface area contributed by atoms with E-state index in [0.717, 1.165) is 18.3 Å². The van der Waals surface area contributed by atoms with Crippen molar-refractivity contribution in [2.75, 3.05) is 6.54 Å². The minimum Gasteiger partial charge on any atom is -0.464 e. The highest BCUT2D eigenvalue weighted by molar-refractivity contribution is 7.80. The Morgan fingerprint density at radius 3 is 2.17 bits per heavy atom. The fourth-order valence-electron chi connectivity index (χ4n) is 3.97. The van der Waals surface area contributed by atoms with Crippen LogP contribution in [0.1, 0.15) is 37.6 Å². The number of ether oxygens (including phenoxy) is 1. The number of nitrogens with zero attached hydrogens (tertiary/aromatic N) is 4. The van der Waals surface area contributed by atoms with Gasteiger partial charge >= 0.3 is 12.0 Å². The van der Waals surface area contributed by atoms with Crippen molar-refractivity contribution in [2.24, 2.45) is 5.73 Å². The van der Waals surface area contributed by atoms with Crippen molar-refractivity contribution < 1.29 is 37.3 Å². The predicted molar refractivity (Wildman–Crippen MR) is 143 cm³/mol. The number of thiocarbonyl (C=S) groups is 1. The topological polar surface area (TPSA) is 136 Å². The van der Waals surface area contributed by atoms with E-state index in [4.69, 9.17) is 28.0 Å². The second-order valence-electron chi connectivity index (χ2n) is 9.84. The summed E-state index contributed by atoms with van der Waals surface area (Å²) in [5, 5.41) is 30.6. The van der Waals surface area contributed by atoms with Crippen LogP contribution in [0.3, 0.4) is 0 Å². The molecule has 2 aromatic carbocycles. The molecule has 0 aliphatic rings. The van der Waals surface area contributed by atoms with Gasteiger partial charge in [-0.25, -0.2) is 18.6 Å². The van der Waals surface area contributed by atoms with Crippen molar-refractivity contribution >= 4 is 23.4 Å². The maximum atomic E-state index is 16.3. The number of aliphatic hydroxyl groups is 1. The maximum absolute atomic E-state index is 16.3. The zero-order valence-electron chi connectivity index (χ0n) is 22.0. The molecule has 0 aliphatic carbocycles. The van der Waals surface area contributed by atoms with Gasteiger partial charge in [-0.05, 0) is 81.5 Å². The number of hydrogen-bond acceptors (Lipinski definition) is 6. The highest BCUT2D eigenvalue weighted by atomic mass is 32.1. The number of amides is 1. The quantitative estimate of drug-likeness (QED) is 0.191. The first kappa shape index (κ1) is 31.1. The number of rotatable bonds is 7. The van der Waals surface area contributed by atoms with E-state index in [2.05, 4.69) is 4.98 Å². The lowest BCUT2D eigenvalue weighted by Crippen LogP contribution is -2.64. The normalized spacial score (nSPS) is 13.0. The Kier molecular flexibility index (Phi) is 8.75. The Hall–Kier alpha value is -4.48.